The average molecular weight is 364 g/mol. The Morgan fingerprint density at radius 2 is 1.72 bits per heavy atom. The van der Waals surface area contributed by atoms with E-state index < -0.39 is 0 Å². The van der Waals surface area contributed by atoms with Crippen molar-refractivity contribution in [3.05, 3.63) is 60.2 Å². The second-order valence-corrected chi connectivity index (χ2v) is 4.44. The number of hydrogen-bond acceptors (Lipinski definition) is 1. The summed E-state index contributed by atoms with van der Waals surface area (Å²) in [5, 5.41) is 8.44. The molecule has 0 spiro atoms. The summed E-state index contributed by atoms with van der Waals surface area (Å²) in [6.45, 7) is 2.29. The Morgan fingerprint density at radius 1 is 1.17 bits per heavy atom. The van der Waals surface area contributed by atoms with Crippen molar-refractivity contribution in [2.45, 2.75) is 13.3 Å². The summed E-state index contributed by atoms with van der Waals surface area (Å²) in [6, 6.07) is 18.0. The van der Waals surface area contributed by atoms with Crippen LogP contribution < -0.4 is 24.8 Å². The van der Waals surface area contributed by atoms with Crippen LogP contribution in [0.2, 0.25) is 0 Å². The molecule has 0 aliphatic rings. The number of halogens is 2. The molecular formula is C14H18Cl2OZr-2. The van der Waals surface area contributed by atoms with Gasteiger partial charge in [-0.1, -0.05) is 6.42 Å². The Morgan fingerprint density at radius 3 is 2.00 bits per heavy atom. The predicted molar refractivity (Wildman–Crippen MR) is 66.6 cm³/mol. The molecule has 0 saturated heterocycles. The first-order chi connectivity index (χ1) is 7.85. The van der Waals surface area contributed by atoms with Crippen LogP contribution in [-0.4, -0.2) is 15.4 Å². The van der Waals surface area contributed by atoms with Crippen LogP contribution in [0.25, 0.3) is 0 Å². The molecule has 0 saturated carbocycles. The molecule has 1 N–H and O–H groups in total. The van der Waals surface area contributed by atoms with Gasteiger partial charge in [0.1, 0.15) is 0 Å². The van der Waals surface area contributed by atoms with E-state index >= 15 is 0 Å². The van der Waals surface area contributed by atoms with Gasteiger partial charge in [-0.3, -0.25) is 0 Å². The van der Waals surface area contributed by atoms with Crippen LogP contribution in [0.3, 0.4) is 0 Å². The van der Waals surface area contributed by atoms with Crippen molar-refractivity contribution in [1.82, 2.24) is 0 Å². The van der Waals surface area contributed by atoms with Gasteiger partial charge >= 0.3 is 34.9 Å². The average Bonchev–Trinajstić information content (AvgIpc) is 2.95. The van der Waals surface area contributed by atoms with Crippen LogP contribution in [0.4, 0.5) is 0 Å². The van der Waals surface area contributed by atoms with Gasteiger partial charge in [0.15, 0.2) is 0 Å². The Hall–Kier alpha value is -0.00688. The van der Waals surface area contributed by atoms with Crippen molar-refractivity contribution in [2.24, 2.45) is 0 Å². The van der Waals surface area contributed by atoms with Gasteiger partial charge in [-0.25, -0.2) is 18.2 Å². The Bertz CT molecular complexity index is 300. The first-order valence-electron chi connectivity index (χ1n) is 5.28. The summed E-state index contributed by atoms with van der Waals surface area (Å²) in [5.74, 6) is 0. The summed E-state index contributed by atoms with van der Waals surface area (Å²) in [5.41, 5.74) is 1.22. The van der Waals surface area contributed by atoms with Gasteiger partial charge in [0.2, 0.25) is 0 Å². The molecule has 0 bridgehead atoms. The minimum absolute atomic E-state index is 0. The predicted octanol–water partition coefficient (Wildman–Crippen LogP) is -3.29. The second-order valence-electron chi connectivity index (χ2n) is 3.02. The summed E-state index contributed by atoms with van der Waals surface area (Å²) >= 11 is 1.51. The van der Waals surface area contributed by atoms with Crippen LogP contribution in [0, 0.1) is 0 Å². The van der Waals surface area contributed by atoms with Gasteiger partial charge in [-0.15, -0.1) is 0 Å². The van der Waals surface area contributed by atoms with Gasteiger partial charge < -0.3 is 29.9 Å². The number of hydrogen-bond donors (Lipinski definition) is 1. The molecule has 0 heterocycles. The molecule has 100 valence electrons. The third-order valence-electron chi connectivity index (χ3n) is 1.69. The molecule has 0 aliphatic heterocycles. The molecule has 0 atom stereocenters. The molecule has 0 fully saturated rings. The van der Waals surface area contributed by atoms with Gasteiger partial charge in [-0.2, -0.15) is 42.0 Å². The van der Waals surface area contributed by atoms with Crippen LogP contribution in [0.15, 0.2) is 54.6 Å². The number of aliphatic hydroxyl groups is 1. The van der Waals surface area contributed by atoms with E-state index in [4.69, 9.17) is 5.11 Å². The van der Waals surface area contributed by atoms with Crippen molar-refractivity contribution in [2.75, 3.05) is 6.61 Å². The largest absolute Gasteiger partial charge is 1.00 e. The first kappa shape index (κ1) is 23.1. The zero-order valence-electron chi connectivity index (χ0n) is 10.4. The SMILES string of the molecule is C[CH]=[Zr+2].OCCc1cc[cH-]c1.[Cl-].[Cl-].c1cc[cH-]c1. The van der Waals surface area contributed by atoms with Crippen molar-refractivity contribution in [3.8, 4) is 0 Å². The third kappa shape index (κ3) is 16.0. The van der Waals surface area contributed by atoms with Crippen molar-refractivity contribution >= 4 is 3.71 Å². The molecule has 2 aromatic rings. The van der Waals surface area contributed by atoms with E-state index in [2.05, 4.69) is 3.71 Å². The molecule has 1 nitrogen and oxygen atoms in total. The van der Waals surface area contributed by atoms with E-state index in [0.717, 1.165) is 6.42 Å². The normalized spacial score (nSPS) is 7.33. The molecule has 0 unspecified atom stereocenters. The molecule has 0 aliphatic carbocycles. The van der Waals surface area contributed by atoms with Gasteiger partial charge in [0, 0.05) is 6.61 Å². The van der Waals surface area contributed by atoms with Gasteiger partial charge in [0.25, 0.3) is 0 Å². The number of rotatable bonds is 2. The monoisotopic (exact) mass is 362 g/mol. The molecule has 0 aromatic heterocycles. The quantitative estimate of drug-likeness (QED) is 0.554. The van der Waals surface area contributed by atoms with E-state index in [9.17, 15) is 0 Å². The fourth-order valence-electron chi connectivity index (χ4n) is 1.03. The molecule has 2 aromatic carbocycles. The maximum absolute atomic E-state index is 8.44. The molecule has 18 heavy (non-hydrogen) atoms. The zero-order valence-corrected chi connectivity index (χ0v) is 14.4. The third-order valence-corrected chi connectivity index (χ3v) is 1.69. The summed E-state index contributed by atoms with van der Waals surface area (Å²) < 4.78 is 2.09. The maximum atomic E-state index is 8.44. The van der Waals surface area contributed by atoms with E-state index in [1.165, 1.54) is 29.8 Å². The smallest absolute Gasteiger partial charge is 0.0357 e. The van der Waals surface area contributed by atoms with Crippen LogP contribution in [0.1, 0.15) is 12.5 Å². The fourth-order valence-corrected chi connectivity index (χ4v) is 1.03. The van der Waals surface area contributed by atoms with Crippen molar-refractivity contribution in [3.63, 3.8) is 0 Å². The standard InChI is InChI=1S/C7H9O.C5H5.C2H4.2ClH.Zr/c8-6-5-7-3-1-2-4-7;1-2-4-5-3-1;1-2;;;/h1-4,8H,5-6H2;1-5H;1H,2H3;2*1H;/q2*-1;;;;+2/p-2. The van der Waals surface area contributed by atoms with E-state index in [1.54, 1.807) is 0 Å². The van der Waals surface area contributed by atoms with Crippen molar-refractivity contribution < 1.29 is 54.2 Å². The van der Waals surface area contributed by atoms with E-state index in [1.807, 2.05) is 61.5 Å². The molecule has 0 radical (unpaired) electrons. The Balaban J connectivity index is -0.000000198. The zero-order chi connectivity index (χ0) is 12.1. The van der Waals surface area contributed by atoms with Crippen LogP contribution >= 0.6 is 0 Å². The van der Waals surface area contributed by atoms with Crippen molar-refractivity contribution in [1.29, 1.82) is 0 Å². The summed E-state index contributed by atoms with van der Waals surface area (Å²) in [4.78, 5) is 0. The molecule has 0 amide bonds. The Labute approximate surface area is 137 Å². The molecular weight excluding hydrogens is 346 g/mol. The van der Waals surface area contributed by atoms with Crippen LogP contribution in [0.5, 0.6) is 0 Å². The van der Waals surface area contributed by atoms with E-state index in [0.29, 0.717) is 0 Å². The second kappa shape index (κ2) is 19.3. The summed E-state index contributed by atoms with van der Waals surface area (Å²) in [7, 11) is 0. The topological polar surface area (TPSA) is 20.2 Å². The minimum Gasteiger partial charge on any atom is -1.00 e. The molecule has 4 heteroatoms. The fraction of sp³-hybridized carbons (Fsp3) is 0.214. The first-order valence-corrected chi connectivity index (χ1v) is 6.70. The van der Waals surface area contributed by atoms with Gasteiger partial charge in [-0.05, 0) is 0 Å². The van der Waals surface area contributed by atoms with Crippen LogP contribution in [-0.2, 0) is 30.7 Å². The maximum Gasteiger partial charge on any atom is 0.0357 e. The number of aliphatic hydroxyl groups excluding tert-OH is 1. The minimum atomic E-state index is 0. The van der Waals surface area contributed by atoms with E-state index in [-0.39, 0.29) is 31.4 Å². The van der Waals surface area contributed by atoms with Gasteiger partial charge in [0.05, 0.1) is 0 Å². The Kier molecular flexibility index (Phi) is 24.8. The summed E-state index contributed by atoms with van der Waals surface area (Å²) in [6.07, 6.45) is 0.785. The molecule has 2 rings (SSSR count).